The van der Waals surface area contributed by atoms with Gasteiger partial charge in [-0.05, 0) is 24.1 Å². The van der Waals surface area contributed by atoms with Gasteiger partial charge in [0.1, 0.15) is 12.1 Å². The van der Waals surface area contributed by atoms with Gasteiger partial charge >= 0.3 is 0 Å². The molecule has 1 aliphatic rings. The molecule has 1 aliphatic heterocycles. The Morgan fingerprint density at radius 2 is 2.11 bits per heavy atom. The van der Waals surface area contributed by atoms with Gasteiger partial charge in [0.15, 0.2) is 0 Å². The van der Waals surface area contributed by atoms with Crippen molar-refractivity contribution in [3.05, 3.63) is 36.2 Å². The van der Waals surface area contributed by atoms with E-state index in [2.05, 4.69) is 45.4 Å². The van der Waals surface area contributed by atoms with Gasteiger partial charge in [-0.15, -0.1) is 0 Å². The highest BCUT2D eigenvalue weighted by molar-refractivity contribution is 5.69. The van der Waals surface area contributed by atoms with Crippen molar-refractivity contribution in [2.75, 3.05) is 30.9 Å². The molecule has 4 heteroatoms. The monoisotopic (exact) mass is 240 g/mol. The maximum atomic E-state index is 4.34. The second-order valence-electron chi connectivity index (χ2n) is 4.55. The average Bonchev–Trinajstić information content (AvgIpc) is 2.80. The summed E-state index contributed by atoms with van der Waals surface area (Å²) in [4.78, 5) is 10.8. The van der Waals surface area contributed by atoms with Crippen LogP contribution in [-0.2, 0) is 6.42 Å². The molecule has 1 aromatic heterocycles. The fourth-order valence-electron chi connectivity index (χ4n) is 2.38. The molecule has 0 saturated heterocycles. The third-order valence-corrected chi connectivity index (χ3v) is 3.43. The Bertz CT molecular complexity index is 580. The predicted octanol–water partition coefficient (Wildman–Crippen LogP) is 2.18. The van der Waals surface area contributed by atoms with Crippen LogP contribution in [0.1, 0.15) is 5.56 Å². The topological polar surface area (TPSA) is 41.0 Å². The predicted molar refractivity (Wildman–Crippen MR) is 74.0 cm³/mol. The first-order chi connectivity index (χ1) is 8.78. The largest absolute Gasteiger partial charge is 0.374 e. The first-order valence-electron chi connectivity index (χ1n) is 6.12. The van der Waals surface area contributed by atoms with Gasteiger partial charge in [0.25, 0.3) is 0 Å². The van der Waals surface area contributed by atoms with Gasteiger partial charge < -0.3 is 10.2 Å². The number of anilines is 2. The molecular weight excluding hydrogens is 224 g/mol. The summed E-state index contributed by atoms with van der Waals surface area (Å²) in [6.45, 7) is 1.10. The summed E-state index contributed by atoms with van der Waals surface area (Å²) in [5, 5.41) is 3.04. The van der Waals surface area contributed by atoms with Gasteiger partial charge in [-0.2, -0.15) is 0 Å². The molecule has 0 fully saturated rings. The summed E-state index contributed by atoms with van der Waals surface area (Å²) in [6.07, 6.45) is 2.71. The van der Waals surface area contributed by atoms with Crippen LogP contribution in [0, 0.1) is 0 Å². The number of hydrogen-bond acceptors (Lipinski definition) is 4. The van der Waals surface area contributed by atoms with Crippen molar-refractivity contribution in [2.24, 2.45) is 0 Å². The highest BCUT2D eigenvalue weighted by Gasteiger charge is 2.16. The maximum absolute atomic E-state index is 4.34. The Balaban J connectivity index is 2.02. The summed E-state index contributed by atoms with van der Waals surface area (Å²) < 4.78 is 0. The normalized spacial score (nSPS) is 13.6. The molecule has 0 saturated carbocycles. The number of fused-ring (bicyclic) bond motifs is 1. The van der Waals surface area contributed by atoms with Gasteiger partial charge in [0.2, 0.25) is 0 Å². The molecule has 0 radical (unpaired) electrons. The van der Waals surface area contributed by atoms with Gasteiger partial charge in [-0.3, -0.25) is 0 Å². The van der Waals surface area contributed by atoms with Gasteiger partial charge in [-0.25, -0.2) is 9.97 Å². The zero-order valence-corrected chi connectivity index (χ0v) is 10.6. The van der Waals surface area contributed by atoms with E-state index in [1.165, 1.54) is 11.3 Å². The molecule has 0 bridgehead atoms. The molecule has 1 N–H and O–H groups in total. The quantitative estimate of drug-likeness (QED) is 0.873. The summed E-state index contributed by atoms with van der Waals surface area (Å²) in [5.74, 6) is 0.845. The zero-order valence-electron chi connectivity index (χ0n) is 10.6. The van der Waals surface area contributed by atoms with E-state index in [1.807, 2.05) is 13.1 Å². The highest BCUT2D eigenvalue weighted by Crippen LogP contribution is 2.30. The zero-order chi connectivity index (χ0) is 12.5. The molecule has 92 valence electrons. The second kappa shape index (κ2) is 4.29. The minimum absolute atomic E-state index is 0.845. The van der Waals surface area contributed by atoms with Crippen LogP contribution in [0.25, 0.3) is 11.3 Å². The first-order valence-corrected chi connectivity index (χ1v) is 6.12. The number of aromatic nitrogens is 2. The molecule has 0 spiro atoms. The highest BCUT2D eigenvalue weighted by atomic mass is 15.1. The second-order valence-corrected chi connectivity index (χ2v) is 4.55. The van der Waals surface area contributed by atoms with E-state index in [1.54, 1.807) is 6.33 Å². The van der Waals surface area contributed by atoms with Gasteiger partial charge in [0.05, 0.1) is 5.69 Å². The number of hydrogen-bond donors (Lipinski definition) is 1. The third-order valence-electron chi connectivity index (χ3n) is 3.43. The molecule has 0 amide bonds. The van der Waals surface area contributed by atoms with Crippen LogP contribution < -0.4 is 10.2 Å². The molecule has 3 rings (SSSR count). The average molecular weight is 240 g/mol. The Morgan fingerprint density at radius 3 is 2.94 bits per heavy atom. The Hall–Kier alpha value is -2.10. The molecular formula is C14H16N4. The maximum Gasteiger partial charge on any atom is 0.129 e. The van der Waals surface area contributed by atoms with Crippen molar-refractivity contribution in [3.8, 4) is 11.3 Å². The van der Waals surface area contributed by atoms with E-state index < -0.39 is 0 Å². The van der Waals surface area contributed by atoms with Crippen molar-refractivity contribution in [3.63, 3.8) is 0 Å². The van der Waals surface area contributed by atoms with E-state index in [0.29, 0.717) is 0 Å². The van der Waals surface area contributed by atoms with Crippen LogP contribution in [-0.4, -0.2) is 30.6 Å². The summed E-state index contributed by atoms with van der Waals surface area (Å²) in [7, 11) is 4.00. The first kappa shape index (κ1) is 11.0. The molecule has 0 unspecified atom stereocenters. The van der Waals surface area contributed by atoms with Crippen LogP contribution in [0.15, 0.2) is 30.6 Å². The number of nitrogens with one attached hydrogen (secondary N) is 1. The van der Waals surface area contributed by atoms with E-state index in [4.69, 9.17) is 0 Å². The van der Waals surface area contributed by atoms with Crippen molar-refractivity contribution in [1.29, 1.82) is 0 Å². The minimum Gasteiger partial charge on any atom is -0.374 e. The number of rotatable bonds is 2. The smallest absolute Gasteiger partial charge is 0.129 e. The van der Waals surface area contributed by atoms with Crippen LogP contribution >= 0.6 is 0 Å². The summed E-state index contributed by atoms with van der Waals surface area (Å²) in [6, 6.07) is 8.52. The molecule has 0 atom stereocenters. The Kier molecular flexibility index (Phi) is 2.63. The SMILES string of the molecule is CNc1cc(-c2ccc3c(c2)CCN3C)ncn1. The minimum atomic E-state index is 0.845. The van der Waals surface area contributed by atoms with E-state index in [9.17, 15) is 0 Å². The summed E-state index contributed by atoms with van der Waals surface area (Å²) >= 11 is 0. The van der Waals surface area contributed by atoms with Gasteiger partial charge in [-0.1, -0.05) is 6.07 Å². The molecule has 18 heavy (non-hydrogen) atoms. The van der Waals surface area contributed by atoms with E-state index >= 15 is 0 Å². The van der Waals surface area contributed by atoms with Crippen LogP contribution in [0.4, 0.5) is 11.5 Å². The lowest BCUT2D eigenvalue weighted by Crippen LogP contribution is -2.12. The molecule has 0 aliphatic carbocycles. The Labute approximate surface area is 107 Å². The van der Waals surface area contributed by atoms with E-state index in [0.717, 1.165) is 30.0 Å². The lowest BCUT2D eigenvalue weighted by molar-refractivity contribution is 0.956. The molecule has 2 aromatic rings. The van der Waals surface area contributed by atoms with E-state index in [-0.39, 0.29) is 0 Å². The van der Waals surface area contributed by atoms with Gasteiger partial charge in [0, 0.05) is 38.0 Å². The van der Waals surface area contributed by atoms with Crippen LogP contribution in [0.2, 0.25) is 0 Å². The third kappa shape index (κ3) is 1.79. The fraction of sp³-hybridized carbons (Fsp3) is 0.286. The van der Waals surface area contributed by atoms with Crippen LogP contribution in [0.3, 0.4) is 0 Å². The molecule has 2 heterocycles. The van der Waals surface area contributed by atoms with Crippen molar-refractivity contribution in [2.45, 2.75) is 6.42 Å². The molecule has 4 nitrogen and oxygen atoms in total. The number of likely N-dealkylation sites (N-methyl/N-ethyl adjacent to an activating group) is 1. The van der Waals surface area contributed by atoms with Crippen molar-refractivity contribution < 1.29 is 0 Å². The number of benzene rings is 1. The fourth-order valence-corrected chi connectivity index (χ4v) is 2.38. The molecule has 1 aromatic carbocycles. The van der Waals surface area contributed by atoms with Crippen LogP contribution in [0.5, 0.6) is 0 Å². The standard InChI is InChI=1S/C14H16N4/c1-15-14-8-12(16-9-17-14)10-3-4-13-11(7-10)5-6-18(13)2/h3-4,7-9H,5-6H2,1-2H3,(H,15,16,17). The summed E-state index contributed by atoms with van der Waals surface area (Å²) in [5.41, 5.74) is 4.86. The lowest BCUT2D eigenvalue weighted by atomic mass is 10.1. The Morgan fingerprint density at radius 1 is 1.22 bits per heavy atom. The van der Waals surface area contributed by atoms with Crippen molar-refractivity contribution >= 4 is 11.5 Å². The van der Waals surface area contributed by atoms with Crippen molar-refractivity contribution in [1.82, 2.24) is 9.97 Å². The number of nitrogens with zero attached hydrogens (tertiary/aromatic N) is 3. The lowest BCUT2D eigenvalue weighted by Gasteiger charge is -2.12.